The molecule has 0 bridgehead atoms. The molecule has 0 aliphatic heterocycles. The number of nitrogens with one attached hydrogen (secondary N) is 1. The first kappa shape index (κ1) is 16.0. The lowest BCUT2D eigenvalue weighted by Gasteiger charge is -2.16. The SMILES string of the molecule is CCNCC(Cc1ccc(Cl)cc1)Cc1cc(Br)cs1. The van der Waals surface area contributed by atoms with Gasteiger partial charge in [-0.1, -0.05) is 30.7 Å². The molecule has 1 aromatic carbocycles. The standard InChI is InChI=1S/C16H19BrClNS/c1-2-19-10-13(8-16-9-14(17)11-20-16)7-12-3-5-15(18)6-4-12/h3-6,9,11,13,19H,2,7-8,10H2,1H3. The van der Waals surface area contributed by atoms with Gasteiger partial charge in [-0.2, -0.15) is 0 Å². The highest BCUT2D eigenvalue weighted by atomic mass is 79.9. The van der Waals surface area contributed by atoms with E-state index in [9.17, 15) is 0 Å². The van der Waals surface area contributed by atoms with Gasteiger partial charge in [0, 0.05) is 19.8 Å². The van der Waals surface area contributed by atoms with Crippen LogP contribution >= 0.6 is 38.9 Å². The van der Waals surface area contributed by atoms with Crippen LogP contribution in [0, 0.1) is 5.92 Å². The molecule has 0 saturated carbocycles. The Kier molecular flexibility index (Phi) is 6.56. The highest BCUT2D eigenvalue weighted by Crippen LogP contribution is 2.24. The largest absolute Gasteiger partial charge is 0.317 e. The van der Waals surface area contributed by atoms with Gasteiger partial charge in [0.2, 0.25) is 0 Å². The summed E-state index contributed by atoms with van der Waals surface area (Å²) in [4.78, 5) is 1.44. The van der Waals surface area contributed by atoms with Crippen molar-refractivity contribution in [1.29, 1.82) is 0 Å². The minimum Gasteiger partial charge on any atom is -0.317 e. The number of hydrogen-bond donors (Lipinski definition) is 1. The topological polar surface area (TPSA) is 12.0 Å². The van der Waals surface area contributed by atoms with Crippen molar-refractivity contribution >= 4 is 38.9 Å². The molecule has 20 heavy (non-hydrogen) atoms. The predicted molar refractivity (Wildman–Crippen MR) is 92.9 cm³/mol. The van der Waals surface area contributed by atoms with Crippen LogP contribution in [-0.4, -0.2) is 13.1 Å². The summed E-state index contributed by atoms with van der Waals surface area (Å²) in [6.45, 7) is 4.22. The van der Waals surface area contributed by atoms with E-state index in [1.165, 1.54) is 14.9 Å². The van der Waals surface area contributed by atoms with E-state index in [0.717, 1.165) is 31.0 Å². The number of halogens is 2. The van der Waals surface area contributed by atoms with E-state index in [2.05, 4.69) is 51.7 Å². The Morgan fingerprint density at radius 3 is 2.60 bits per heavy atom. The van der Waals surface area contributed by atoms with Crippen LogP contribution in [0.4, 0.5) is 0 Å². The van der Waals surface area contributed by atoms with Crippen LogP contribution in [0.1, 0.15) is 17.4 Å². The van der Waals surface area contributed by atoms with Crippen molar-refractivity contribution in [3.05, 3.63) is 55.6 Å². The Balaban J connectivity index is 2.00. The molecule has 0 aliphatic carbocycles. The molecule has 2 aromatic rings. The van der Waals surface area contributed by atoms with Crippen molar-refractivity contribution < 1.29 is 0 Å². The lowest BCUT2D eigenvalue weighted by Crippen LogP contribution is -2.25. The summed E-state index contributed by atoms with van der Waals surface area (Å²) >= 11 is 11.3. The van der Waals surface area contributed by atoms with E-state index >= 15 is 0 Å². The quantitative estimate of drug-likeness (QED) is 0.706. The number of hydrogen-bond acceptors (Lipinski definition) is 2. The maximum absolute atomic E-state index is 5.95. The van der Waals surface area contributed by atoms with Gasteiger partial charge in [0.25, 0.3) is 0 Å². The van der Waals surface area contributed by atoms with E-state index in [4.69, 9.17) is 11.6 Å². The van der Waals surface area contributed by atoms with Gasteiger partial charge in [-0.05, 0) is 71.5 Å². The third-order valence-corrected chi connectivity index (χ3v) is 5.20. The fourth-order valence-electron chi connectivity index (χ4n) is 2.26. The fraction of sp³-hybridized carbons (Fsp3) is 0.375. The average molecular weight is 373 g/mol. The summed E-state index contributed by atoms with van der Waals surface area (Å²) in [6, 6.07) is 10.4. The summed E-state index contributed by atoms with van der Waals surface area (Å²) in [5.41, 5.74) is 1.35. The fourth-order valence-corrected chi connectivity index (χ4v) is 3.96. The van der Waals surface area contributed by atoms with Crippen LogP contribution in [0.5, 0.6) is 0 Å². The van der Waals surface area contributed by atoms with Crippen molar-refractivity contribution in [3.8, 4) is 0 Å². The van der Waals surface area contributed by atoms with Crippen molar-refractivity contribution in [2.45, 2.75) is 19.8 Å². The highest BCUT2D eigenvalue weighted by molar-refractivity contribution is 9.10. The molecule has 1 unspecified atom stereocenters. The molecular formula is C16H19BrClNS. The Bertz CT molecular complexity index is 524. The van der Waals surface area contributed by atoms with Gasteiger partial charge in [-0.25, -0.2) is 0 Å². The molecule has 0 fully saturated rings. The van der Waals surface area contributed by atoms with Gasteiger partial charge in [0.05, 0.1) is 0 Å². The number of rotatable bonds is 7. The smallest absolute Gasteiger partial charge is 0.0406 e. The summed E-state index contributed by atoms with van der Waals surface area (Å²) < 4.78 is 1.19. The number of thiophene rings is 1. The first-order valence-electron chi connectivity index (χ1n) is 6.85. The molecule has 0 amide bonds. The maximum atomic E-state index is 5.95. The van der Waals surface area contributed by atoms with Crippen LogP contribution < -0.4 is 5.32 Å². The lowest BCUT2D eigenvalue weighted by atomic mass is 9.95. The average Bonchev–Trinajstić information content (AvgIpc) is 2.84. The zero-order valence-corrected chi connectivity index (χ0v) is 14.7. The Labute approximate surface area is 138 Å². The van der Waals surface area contributed by atoms with E-state index in [1.54, 1.807) is 0 Å². The van der Waals surface area contributed by atoms with Gasteiger partial charge in [0.15, 0.2) is 0 Å². The van der Waals surface area contributed by atoms with E-state index < -0.39 is 0 Å². The molecule has 1 nitrogen and oxygen atoms in total. The van der Waals surface area contributed by atoms with E-state index in [1.807, 2.05) is 23.5 Å². The first-order valence-corrected chi connectivity index (χ1v) is 8.90. The molecule has 0 aliphatic rings. The van der Waals surface area contributed by atoms with Gasteiger partial charge < -0.3 is 5.32 Å². The lowest BCUT2D eigenvalue weighted by molar-refractivity contribution is 0.481. The highest BCUT2D eigenvalue weighted by Gasteiger charge is 2.12. The number of benzene rings is 1. The summed E-state index contributed by atoms with van der Waals surface area (Å²) in [5, 5.41) is 6.43. The second kappa shape index (κ2) is 8.18. The van der Waals surface area contributed by atoms with E-state index in [0.29, 0.717) is 5.92 Å². The molecule has 0 saturated heterocycles. The van der Waals surface area contributed by atoms with Crippen LogP contribution in [-0.2, 0) is 12.8 Å². The van der Waals surface area contributed by atoms with Crippen LogP contribution in [0.2, 0.25) is 5.02 Å². The molecule has 4 heteroatoms. The Hall–Kier alpha value is -0.350. The molecule has 1 N–H and O–H groups in total. The minimum atomic E-state index is 0.613. The van der Waals surface area contributed by atoms with Crippen molar-refractivity contribution in [2.24, 2.45) is 5.92 Å². The molecule has 1 aromatic heterocycles. The second-order valence-electron chi connectivity index (χ2n) is 4.94. The Morgan fingerprint density at radius 2 is 2.00 bits per heavy atom. The zero-order chi connectivity index (χ0) is 14.4. The minimum absolute atomic E-state index is 0.613. The van der Waals surface area contributed by atoms with Gasteiger partial charge in [0.1, 0.15) is 0 Å². The molecule has 1 atom stereocenters. The zero-order valence-electron chi connectivity index (χ0n) is 11.5. The van der Waals surface area contributed by atoms with Crippen molar-refractivity contribution in [3.63, 3.8) is 0 Å². The molecule has 1 heterocycles. The van der Waals surface area contributed by atoms with Crippen LogP contribution in [0.15, 0.2) is 40.2 Å². The summed E-state index contributed by atoms with van der Waals surface area (Å²) in [7, 11) is 0. The predicted octanol–water partition coefficient (Wildman–Crippen LogP) is 5.17. The third-order valence-electron chi connectivity index (χ3n) is 3.23. The molecule has 2 rings (SSSR count). The first-order chi connectivity index (χ1) is 9.67. The van der Waals surface area contributed by atoms with Gasteiger partial charge in [-0.15, -0.1) is 11.3 Å². The molecular weight excluding hydrogens is 354 g/mol. The molecule has 0 spiro atoms. The molecule has 0 radical (unpaired) electrons. The van der Waals surface area contributed by atoms with Crippen molar-refractivity contribution in [1.82, 2.24) is 5.32 Å². The monoisotopic (exact) mass is 371 g/mol. The summed E-state index contributed by atoms with van der Waals surface area (Å²) in [6.07, 6.45) is 2.20. The second-order valence-corrected chi connectivity index (χ2v) is 7.29. The normalized spacial score (nSPS) is 12.6. The summed E-state index contributed by atoms with van der Waals surface area (Å²) in [5.74, 6) is 0.613. The molecule has 108 valence electrons. The maximum Gasteiger partial charge on any atom is 0.0406 e. The van der Waals surface area contributed by atoms with Crippen LogP contribution in [0.25, 0.3) is 0 Å². The van der Waals surface area contributed by atoms with E-state index in [-0.39, 0.29) is 0 Å². The Morgan fingerprint density at radius 1 is 1.25 bits per heavy atom. The van der Waals surface area contributed by atoms with Gasteiger partial charge in [-0.3, -0.25) is 0 Å². The third kappa shape index (κ3) is 5.21. The van der Waals surface area contributed by atoms with Crippen LogP contribution in [0.3, 0.4) is 0 Å². The van der Waals surface area contributed by atoms with Crippen molar-refractivity contribution in [2.75, 3.05) is 13.1 Å². The van der Waals surface area contributed by atoms with Gasteiger partial charge >= 0.3 is 0 Å².